The molecule has 0 unspecified atom stereocenters. The fourth-order valence-corrected chi connectivity index (χ4v) is 1.84. The molecule has 2 rings (SSSR count). The van der Waals surface area contributed by atoms with Gasteiger partial charge < -0.3 is 5.32 Å². The molecule has 0 aliphatic heterocycles. The van der Waals surface area contributed by atoms with Gasteiger partial charge in [-0.3, -0.25) is 4.98 Å². The molecule has 0 radical (unpaired) electrons. The topological polar surface area (TPSA) is 48.7 Å². The first-order valence-corrected chi connectivity index (χ1v) is 6.00. The van der Waals surface area contributed by atoms with E-state index < -0.39 is 5.82 Å². The first kappa shape index (κ1) is 13.2. The van der Waals surface area contributed by atoms with Gasteiger partial charge in [0.15, 0.2) is 0 Å². The Balaban J connectivity index is 2.01. The third kappa shape index (κ3) is 3.15. The van der Waals surface area contributed by atoms with Crippen LogP contribution in [-0.2, 0) is 13.1 Å². The number of hydrogen-bond donors (Lipinski definition) is 1. The van der Waals surface area contributed by atoms with E-state index in [2.05, 4.69) is 10.3 Å². The van der Waals surface area contributed by atoms with Crippen molar-refractivity contribution in [3.63, 3.8) is 0 Å². The monoisotopic (exact) mass is 255 g/mol. The average molecular weight is 255 g/mol. The molecule has 4 heteroatoms. The lowest BCUT2D eigenvalue weighted by Crippen LogP contribution is -2.15. The highest BCUT2D eigenvalue weighted by Crippen LogP contribution is 2.12. The van der Waals surface area contributed by atoms with Crippen molar-refractivity contribution in [2.75, 3.05) is 0 Å². The lowest BCUT2D eigenvalue weighted by molar-refractivity contribution is 0.584. The van der Waals surface area contributed by atoms with Gasteiger partial charge >= 0.3 is 0 Å². The van der Waals surface area contributed by atoms with Crippen LogP contribution in [0.1, 0.15) is 22.3 Å². The fourth-order valence-electron chi connectivity index (χ4n) is 1.84. The minimum atomic E-state index is -0.441. The van der Waals surface area contributed by atoms with Crippen LogP contribution in [0.25, 0.3) is 0 Å². The lowest BCUT2D eigenvalue weighted by atomic mass is 10.1. The van der Waals surface area contributed by atoms with E-state index in [1.165, 1.54) is 6.07 Å². The van der Waals surface area contributed by atoms with Crippen LogP contribution in [-0.4, -0.2) is 4.98 Å². The van der Waals surface area contributed by atoms with E-state index in [0.29, 0.717) is 18.7 Å². The zero-order valence-corrected chi connectivity index (χ0v) is 10.7. The van der Waals surface area contributed by atoms with Gasteiger partial charge in [0.05, 0.1) is 5.56 Å². The predicted molar refractivity (Wildman–Crippen MR) is 70.6 cm³/mol. The molecule has 0 aliphatic carbocycles. The van der Waals surface area contributed by atoms with Gasteiger partial charge in [0.25, 0.3) is 0 Å². The SMILES string of the molecule is Cc1cnccc1CNCc1cccc(C#N)c1F. The molecule has 3 nitrogen and oxygen atoms in total. The van der Waals surface area contributed by atoms with Crippen LogP contribution in [0.5, 0.6) is 0 Å². The van der Waals surface area contributed by atoms with Crippen LogP contribution in [0, 0.1) is 24.1 Å². The van der Waals surface area contributed by atoms with Gasteiger partial charge in [-0.15, -0.1) is 0 Å². The quantitative estimate of drug-likeness (QED) is 0.913. The van der Waals surface area contributed by atoms with Gasteiger partial charge in [0.2, 0.25) is 0 Å². The minimum Gasteiger partial charge on any atom is -0.308 e. The third-order valence-corrected chi connectivity index (χ3v) is 2.97. The fraction of sp³-hybridized carbons (Fsp3) is 0.200. The zero-order valence-electron chi connectivity index (χ0n) is 10.7. The number of rotatable bonds is 4. The molecular formula is C15H14FN3. The van der Waals surface area contributed by atoms with E-state index in [0.717, 1.165) is 11.1 Å². The molecule has 0 saturated heterocycles. The molecule has 96 valence electrons. The van der Waals surface area contributed by atoms with Gasteiger partial charge in [0, 0.05) is 31.0 Å². The summed E-state index contributed by atoms with van der Waals surface area (Å²) in [7, 11) is 0. The Labute approximate surface area is 111 Å². The molecule has 0 saturated carbocycles. The largest absolute Gasteiger partial charge is 0.308 e. The molecule has 0 spiro atoms. The lowest BCUT2D eigenvalue weighted by Gasteiger charge is -2.08. The number of nitrogens with zero attached hydrogens (tertiary/aromatic N) is 2. The number of hydrogen-bond acceptors (Lipinski definition) is 3. The highest BCUT2D eigenvalue weighted by atomic mass is 19.1. The van der Waals surface area contributed by atoms with Crippen molar-refractivity contribution in [1.29, 1.82) is 5.26 Å². The summed E-state index contributed by atoms with van der Waals surface area (Å²) in [4.78, 5) is 4.02. The molecule has 2 aromatic rings. The second-order valence-electron chi connectivity index (χ2n) is 4.30. The van der Waals surface area contributed by atoms with E-state index in [-0.39, 0.29) is 5.56 Å². The second kappa shape index (κ2) is 6.07. The molecule has 0 amide bonds. The Morgan fingerprint density at radius 3 is 2.79 bits per heavy atom. The van der Waals surface area contributed by atoms with Crippen LogP contribution >= 0.6 is 0 Å². The van der Waals surface area contributed by atoms with Crippen molar-refractivity contribution in [3.8, 4) is 6.07 Å². The Bertz CT molecular complexity index is 617. The van der Waals surface area contributed by atoms with Crippen molar-refractivity contribution in [1.82, 2.24) is 10.3 Å². The number of aryl methyl sites for hydroxylation is 1. The summed E-state index contributed by atoms with van der Waals surface area (Å²) in [5.41, 5.74) is 2.82. The maximum absolute atomic E-state index is 13.8. The predicted octanol–water partition coefficient (Wildman–Crippen LogP) is 2.69. The summed E-state index contributed by atoms with van der Waals surface area (Å²) < 4.78 is 13.8. The average Bonchev–Trinajstić information content (AvgIpc) is 2.43. The number of nitriles is 1. The van der Waals surface area contributed by atoms with E-state index >= 15 is 0 Å². The van der Waals surface area contributed by atoms with Crippen molar-refractivity contribution in [3.05, 3.63) is 64.7 Å². The minimum absolute atomic E-state index is 0.0828. The number of nitrogens with one attached hydrogen (secondary N) is 1. The Hall–Kier alpha value is -2.25. The van der Waals surface area contributed by atoms with E-state index in [9.17, 15) is 4.39 Å². The van der Waals surface area contributed by atoms with Crippen LogP contribution in [0.2, 0.25) is 0 Å². The summed E-state index contributed by atoms with van der Waals surface area (Å²) in [5.74, 6) is -0.441. The molecule has 1 aromatic heterocycles. The first-order valence-electron chi connectivity index (χ1n) is 6.00. The van der Waals surface area contributed by atoms with E-state index in [4.69, 9.17) is 5.26 Å². The number of pyridine rings is 1. The highest BCUT2D eigenvalue weighted by Gasteiger charge is 2.07. The summed E-state index contributed by atoms with van der Waals surface area (Å²) >= 11 is 0. The molecule has 1 heterocycles. The number of aromatic nitrogens is 1. The van der Waals surface area contributed by atoms with Crippen molar-refractivity contribution in [2.45, 2.75) is 20.0 Å². The van der Waals surface area contributed by atoms with Crippen LogP contribution in [0.4, 0.5) is 4.39 Å². The van der Waals surface area contributed by atoms with Gasteiger partial charge in [-0.1, -0.05) is 12.1 Å². The summed E-state index contributed by atoms with van der Waals surface area (Å²) in [6.45, 7) is 3.02. The summed E-state index contributed by atoms with van der Waals surface area (Å²) in [6.07, 6.45) is 3.54. The van der Waals surface area contributed by atoms with Crippen molar-refractivity contribution < 1.29 is 4.39 Å². The van der Waals surface area contributed by atoms with Crippen LogP contribution in [0.15, 0.2) is 36.7 Å². The number of benzene rings is 1. The standard InChI is InChI=1S/C15H14FN3/c1-11-8-18-6-5-13(11)9-19-10-14-4-2-3-12(7-17)15(14)16/h2-6,8,19H,9-10H2,1H3. The van der Waals surface area contributed by atoms with Crippen molar-refractivity contribution in [2.24, 2.45) is 0 Å². The normalized spacial score (nSPS) is 10.2. The van der Waals surface area contributed by atoms with E-state index in [1.54, 1.807) is 24.5 Å². The Morgan fingerprint density at radius 1 is 1.26 bits per heavy atom. The molecule has 0 bridgehead atoms. The van der Waals surface area contributed by atoms with Gasteiger partial charge in [-0.2, -0.15) is 5.26 Å². The Kier molecular flexibility index (Phi) is 4.22. The summed E-state index contributed by atoms with van der Waals surface area (Å²) in [5, 5.41) is 11.9. The Morgan fingerprint density at radius 2 is 2.05 bits per heavy atom. The maximum Gasteiger partial charge on any atom is 0.145 e. The van der Waals surface area contributed by atoms with Crippen LogP contribution < -0.4 is 5.32 Å². The molecular weight excluding hydrogens is 241 g/mol. The van der Waals surface area contributed by atoms with Gasteiger partial charge in [-0.05, 0) is 30.2 Å². The van der Waals surface area contributed by atoms with Gasteiger partial charge in [-0.25, -0.2) is 4.39 Å². The molecule has 0 aliphatic rings. The first-order chi connectivity index (χ1) is 9.22. The molecule has 0 fully saturated rings. The highest BCUT2D eigenvalue weighted by molar-refractivity contribution is 5.35. The van der Waals surface area contributed by atoms with Gasteiger partial charge in [0.1, 0.15) is 11.9 Å². The van der Waals surface area contributed by atoms with E-state index in [1.807, 2.05) is 19.1 Å². The molecule has 0 atom stereocenters. The third-order valence-electron chi connectivity index (χ3n) is 2.97. The zero-order chi connectivity index (χ0) is 13.7. The summed E-state index contributed by atoms with van der Waals surface area (Å²) in [6, 6.07) is 8.63. The maximum atomic E-state index is 13.8. The number of halogens is 1. The molecule has 19 heavy (non-hydrogen) atoms. The van der Waals surface area contributed by atoms with Crippen LogP contribution in [0.3, 0.4) is 0 Å². The van der Waals surface area contributed by atoms with Crippen molar-refractivity contribution >= 4 is 0 Å². The smallest absolute Gasteiger partial charge is 0.145 e. The second-order valence-corrected chi connectivity index (χ2v) is 4.30. The molecule has 1 N–H and O–H groups in total. The molecule has 1 aromatic carbocycles.